The Morgan fingerprint density at radius 2 is 1.59 bits per heavy atom. The van der Waals surface area contributed by atoms with Crippen LogP contribution in [0.2, 0.25) is 0 Å². The van der Waals surface area contributed by atoms with Gasteiger partial charge in [-0.2, -0.15) is 0 Å². The standard InChI is InChI=1S/C20H25FN4O2/c1-22-20(25-14-16-5-9-18(27-2)10-6-16)24-12-11-23-19(26)13-15-3-7-17(21)8-4-15/h3-10H,11-14H2,1-2H3,(H,23,26)(H2,22,24,25). The summed E-state index contributed by atoms with van der Waals surface area (Å²) in [7, 11) is 3.33. The largest absolute Gasteiger partial charge is 0.497 e. The van der Waals surface area contributed by atoms with Gasteiger partial charge in [0.15, 0.2) is 5.96 Å². The van der Waals surface area contributed by atoms with E-state index in [-0.39, 0.29) is 18.1 Å². The molecule has 3 N–H and O–H groups in total. The molecule has 2 aromatic rings. The van der Waals surface area contributed by atoms with Crippen molar-refractivity contribution in [3.05, 3.63) is 65.5 Å². The first-order valence-electron chi connectivity index (χ1n) is 8.69. The maximum absolute atomic E-state index is 12.9. The van der Waals surface area contributed by atoms with E-state index in [2.05, 4.69) is 20.9 Å². The fourth-order valence-electron chi connectivity index (χ4n) is 2.38. The molecule has 0 aliphatic carbocycles. The maximum Gasteiger partial charge on any atom is 0.224 e. The van der Waals surface area contributed by atoms with Gasteiger partial charge >= 0.3 is 0 Å². The smallest absolute Gasteiger partial charge is 0.224 e. The van der Waals surface area contributed by atoms with Crippen LogP contribution in [-0.2, 0) is 17.8 Å². The lowest BCUT2D eigenvalue weighted by Gasteiger charge is -2.12. The highest BCUT2D eigenvalue weighted by atomic mass is 19.1. The van der Waals surface area contributed by atoms with Gasteiger partial charge in [0.25, 0.3) is 0 Å². The summed E-state index contributed by atoms with van der Waals surface area (Å²) in [5.74, 6) is 1.05. The van der Waals surface area contributed by atoms with Gasteiger partial charge in [-0.25, -0.2) is 4.39 Å². The van der Waals surface area contributed by atoms with Crippen molar-refractivity contribution in [2.75, 3.05) is 27.2 Å². The van der Waals surface area contributed by atoms with Crippen molar-refractivity contribution in [3.63, 3.8) is 0 Å². The molecule has 6 nitrogen and oxygen atoms in total. The van der Waals surface area contributed by atoms with Crippen LogP contribution >= 0.6 is 0 Å². The zero-order valence-electron chi connectivity index (χ0n) is 15.6. The average Bonchev–Trinajstić information content (AvgIpc) is 2.69. The molecule has 0 saturated heterocycles. The number of nitrogens with zero attached hydrogens (tertiary/aromatic N) is 1. The predicted octanol–water partition coefficient (Wildman–Crippen LogP) is 1.86. The lowest BCUT2D eigenvalue weighted by atomic mass is 10.1. The number of rotatable bonds is 8. The topological polar surface area (TPSA) is 74.8 Å². The molecule has 0 spiro atoms. The molecular formula is C20H25FN4O2. The molecule has 2 rings (SSSR count). The van der Waals surface area contributed by atoms with Gasteiger partial charge in [-0.3, -0.25) is 9.79 Å². The van der Waals surface area contributed by atoms with E-state index < -0.39 is 0 Å². The molecule has 0 fully saturated rings. The summed E-state index contributed by atoms with van der Waals surface area (Å²) >= 11 is 0. The Hall–Kier alpha value is -3.09. The van der Waals surface area contributed by atoms with Crippen molar-refractivity contribution >= 4 is 11.9 Å². The van der Waals surface area contributed by atoms with Crippen LogP contribution in [0, 0.1) is 5.82 Å². The quantitative estimate of drug-likeness (QED) is 0.376. The first kappa shape index (κ1) is 20.2. The maximum atomic E-state index is 12.9. The number of guanidine groups is 1. The minimum Gasteiger partial charge on any atom is -0.497 e. The number of nitrogens with one attached hydrogen (secondary N) is 3. The summed E-state index contributed by atoms with van der Waals surface area (Å²) in [6.45, 7) is 1.63. The number of benzene rings is 2. The highest BCUT2D eigenvalue weighted by molar-refractivity contribution is 5.80. The fourth-order valence-corrected chi connectivity index (χ4v) is 2.38. The predicted molar refractivity (Wildman–Crippen MR) is 104 cm³/mol. The van der Waals surface area contributed by atoms with Gasteiger partial charge in [-0.05, 0) is 35.4 Å². The third kappa shape index (κ3) is 7.35. The molecule has 0 radical (unpaired) electrons. The fraction of sp³-hybridized carbons (Fsp3) is 0.300. The molecule has 0 aliphatic heterocycles. The lowest BCUT2D eigenvalue weighted by Crippen LogP contribution is -2.41. The normalized spacial score (nSPS) is 11.0. The van der Waals surface area contributed by atoms with Crippen molar-refractivity contribution in [2.24, 2.45) is 4.99 Å². The van der Waals surface area contributed by atoms with E-state index in [1.54, 1.807) is 26.3 Å². The number of hydrogen-bond acceptors (Lipinski definition) is 3. The van der Waals surface area contributed by atoms with E-state index in [1.165, 1.54) is 12.1 Å². The number of ether oxygens (including phenoxy) is 1. The summed E-state index contributed by atoms with van der Waals surface area (Å²) < 4.78 is 18.0. The second-order valence-electron chi connectivity index (χ2n) is 5.85. The van der Waals surface area contributed by atoms with Crippen LogP contribution in [0.3, 0.4) is 0 Å². The van der Waals surface area contributed by atoms with Crippen molar-refractivity contribution in [3.8, 4) is 5.75 Å². The van der Waals surface area contributed by atoms with Crippen LogP contribution in [0.1, 0.15) is 11.1 Å². The number of amides is 1. The zero-order valence-corrected chi connectivity index (χ0v) is 15.6. The van der Waals surface area contributed by atoms with E-state index in [1.807, 2.05) is 24.3 Å². The van der Waals surface area contributed by atoms with Gasteiger partial charge in [0, 0.05) is 26.7 Å². The summed E-state index contributed by atoms with van der Waals surface area (Å²) in [5, 5.41) is 9.16. The number of aliphatic imine (C=N–C) groups is 1. The molecule has 0 aliphatic rings. The molecule has 1 amide bonds. The van der Waals surface area contributed by atoms with Crippen LogP contribution in [0.25, 0.3) is 0 Å². The van der Waals surface area contributed by atoms with Crippen LogP contribution in [0.4, 0.5) is 4.39 Å². The Morgan fingerprint density at radius 1 is 0.963 bits per heavy atom. The molecule has 7 heteroatoms. The van der Waals surface area contributed by atoms with Gasteiger partial charge in [0.05, 0.1) is 13.5 Å². The number of hydrogen-bond donors (Lipinski definition) is 3. The summed E-state index contributed by atoms with van der Waals surface area (Å²) in [6.07, 6.45) is 0.227. The van der Waals surface area contributed by atoms with Gasteiger partial charge in [0.1, 0.15) is 11.6 Å². The SMILES string of the molecule is CN=C(NCCNC(=O)Cc1ccc(F)cc1)NCc1ccc(OC)cc1. The molecule has 0 unspecified atom stereocenters. The van der Waals surface area contributed by atoms with Crippen molar-refractivity contribution in [1.82, 2.24) is 16.0 Å². The highest BCUT2D eigenvalue weighted by Gasteiger charge is 2.04. The Bertz CT molecular complexity index is 746. The van der Waals surface area contributed by atoms with Gasteiger partial charge < -0.3 is 20.7 Å². The molecule has 2 aromatic carbocycles. The molecular weight excluding hydrogens is 347 g/mol. The van der Waals surface area contributed by atoms with Crippen LogP contribution in [0.5, 0.6) is 5.75 Å². The van der Waals surface area contributed by atoms with Gasteiger partial charge in [0.2, 0.25) is 5.91 Å². The van der Waals surface area contributed by atoms with Gasteiger partial charge in [-0.1, -0.05) is 24.3 Å². The minimum atomic E-state index is -0.308. The van der Waals surface area contributed by atoms with Gasteiger partial charge in [-0.15, -0.1) is 0 Å². The Morgan fingerprint density at radius 3 is 2.22 bits per heavy atom. The van der Waals surface area contributed by atoms with Crippen molar-refractivity contribution in [2.45, 2.75) is 13.0 Å². The molecule has 0 heterocycles. The third-order valence-electron chi connectivity index (χ3n) is 3.86. The molecule has 0 atom stereocenters. The van der Waals surface area contributed by atoms with E-state index in [4.69, 9.17) is 4.74 Å². The minimum absolute atomic E-state index is 0.107. The second kappa shape index (κ2) is 10.8. The van der Waals surface area contributed by atoms with Crippen LogP contribution < -0.4 is 20.7 Å². The number of carbonyl (C=O) groups excluding carboxylic acids is 1. The lowest BCUT2D eigenvalue weighted by molar-refractivity contribution is -0.120. The first-order valence-corrected chi connectivity index (χ1v) is 8.69. The Labute approximate surface area is 158 Å². The third-order valence-corrected chi connectivity index (χ3v) is 3.86. The highest BCUT2D eigenvalue weighted by Crippen LogP contribution is 2.10. The van der Waals surface area contributed by atoms with E-state index >= 15 is 0 Å². The first-order chi connectivity index (χ1) is 13.1. The van der Waals surface area contributed by atoms with Crippen molar-refractivity contribution in [1.29, 1.82) is 0 Å². The summed E-state index contributed by atoms with van der Waals surface area (Å²) in [5.41, 5.74) is 1.88. The number of methoxy groups -OCH3 is 1. The number of halogens is 1. The van der Waals surface area contributed by atoms with E-state index in [9.17, 15) is 9.18 Å². The second-order valence-corrected chi connectivity index (χ2v) is 5.85. The number of carbonyl (C=O) groups is 1. The molecule has 144 valence electrons. The van der Waals surface area contributed by atoms with Crippen LogP contribution in [0.15, 0.2) is 53.5 Å². The summed E-state index contributed by atoms with van der Waals surface area (Å²) in [4.78, 5) is 16.0. The molecule has 0 bridgehead atoms. The van der Waals surface area contributed by atoms with E-state index in [0.717, 1.165) is 16.9 Å². The average molecular weight is 372 g/mol. The molecule has 27 heavy (non-hydrogen) atoms. The Kier molecular flexibility index (Phi) is 8.09. The molecule has 0 aromatic heterocycles. The van der Waals surface area contributed by atoms with Crippen LogP contribution in [-0.4, -0.2) is 39.1 Å². The zero-order chi connectivity index (χ0) is 19.5. The monoisotopic (exact) mass is 372 g/mol. The van der Waals surface area contributed by atoms with E-state index in [0.29, 0.717) is 25.6 Å². The van der Waals surface area contributed by atoms with Crippen molar-refractivity contribution < 1.29 is 13.9 Å². The molecule has 0 saturated carbocycles. The summed E-state index contributed by atoms with van der Waals surface area (Å²) in [6, 6.07) is 13.7. The Balaban J connectivity index is 1.65.